The van der Waals surface area contributed by atoms with Gasteiger partial charge in [-0.15, -0.1) is 0 Å². The number of carbonyl (C=O) groups is 1. The number of aliphatic hydroxyl groups excluding tert-OH is 1. The number of esters is 1. The fourth-order valence-electron chi connectivity index (χ4n) is 4.11. The number of ether oxygens (including phenoxy) is 2. The normalized spacial score (nSPS) is 21.8. The molecule has 0 saturated carbocycles. The Hall–Kier alpha value is -1.91. The van der Waals surface area contributed by atoms with Gasteiger partial charge in [0.05, 0.1) is 12.2 Å². The van der Waals surface area contributed by atoms with Gasteiger partial charge in [-0.3, -0.25) is 18.9 Å². The van der Waals surface area contributed by atoms with Gasteiger partial charge in [0, 0.05) is 15.8 Å². The zero-order chi connectivity index (χ0) is 27.2. The van der Waals surface area contributed by atoms with Crippen molar-refractivity contribution in [1.82, 2.24) is 9.55 Å². The molecule has 2 aromatic rings. The minimum Gasteiger partial charge on any atom is -0.451 e. The third kappa shape index (κ3) is 7.80. The molecular weight excluding hydrogens is 624 g/mol. The van der Waals surface area contributed by atoms with E-state index in [-0.39, 0.29) is 5.56 Å². The predicted octanol–water partition coefficient (Wildman–Crippen LogP) is 0.796. The summed E-state index contributed by atoms with van der Waals surface area (Å²) >= 11 is 2.11. The molecule has 204 valence electrons. The Kier molecular flexibility index (Phi) is 10.6. The summed E-state index contributed by atoms with van der Waals surface area (Å²) in [6.07, 6.45) is -0.744. The van der Waals surface area contributed by atoms with E-state index in [1.165, 1.54) is 0 Å². The van der Waals surface area contributed by atoms with E-state index in [1.807, 2.05) is 11.1 Å². The second kappa shape index (κ2) is 13.2. The lowest BCUT2D eigenvalue weighted by Crippen LogP contribution is -2.41. The van der Waals surface area contributed by atoms with Crippen molar-refractivity contribution in [2.45, 2.75) is 56.6 Å². The minimum atomic E-state index is -5.14. The lowest BCUT2D eigenvalue weighted by molar-refractivity contribution is -0.0603. The van der Waals surface area contributed by atoms with Gasteiger partial charge in [0.25, 0.3) is 5.56 Å². The van der Waals surface area contributed by atoms with Crippen molar-refractivity contribution in [3.05, 3.63) is 66.0 Å². The smallest absolute Gasteiger partial charge is 0.451 e. The maximum Gasteiger partial charge on any atom is 0.470 e. The molecule has 2 heterocycles. The lowest BCUT2D eigenvalue weighted by Gasteiger charge is -2.25. The van der Waals surface area contributed by atoms with Gasteiger partial charge in [-0.1, -0.05) is 18.9 Å². The molecule has 0 unspecified atom stereocenters. The maximum atomic E-state index is 13.4. The highest BCUT2D eigenvalue weighted by Crippen LogP contribution is 2.44. The van der Waals surface area contributed by atoms with Crippen molar-refractivity contribution in [2.75, 3.05) is 13.2 Å². The number of aromatic amines is 1. The predicted molar refractivity (Wildman–Crippen MR) is 139 cm³/mol. The van der Waals surface area contributed by atoms with Crippen LogP contribution < -0.4 is 17.0 Å². The SMILES string of the molecule is NCCCCCCc1c(I)cccc1C(=O)O[C@@H]1[C@H](OP(=O)(O)O)[C@@H](CO)O[C@H]1n1ccc(=O)[nH]c1=O. The van der Waals surface area contributed by atoms with E-state index in [0.717, 1.165) is 51.6 Å². The van der Waals surface area contributed by atoms with Gasteiger partial charge in [0.2, 0.25) is 0 Å². The number of benzene rings is 1. The van der Waals surface area contributed by atoms with Crippen molar-refractivity contribution >= 4 is 36.4 Å². The first-order valence-corrected chi connectivity index (χ1v) is 14.2. The Labute approximate surface area is 225 Å². The number of carbonyl (C=O) groups excluding carboxylic acids is 1. The molecule has 37 heavy (non-hydrogen) atoms. The number of phosphoric acid groups is 1. The van der Waals surface area contributed by atoms with Gasteiger partial charge >= 0.3 is 19.5 Å². The topological polar surface area (TPSA) is 203 Å². The number of unbranched alkanes of at least 4 members (excludes halogenated alkanes) is 3. The molecule has 15 heteroatoms. The van der Waals surface area contributed by atoms with Crippen LogP contribution in [0.1, 0.15) is 47.8 Å². The number of nitrogens with two attached hydrogens (primary N) is 1. The van der Waals surface area contributed by atoms with Crippen LogP contribution in [0.15, 0.2) is 40.1 Å². The molecule has 6 N–H and O–H groups in total. The van der Waals surface area contributed by atoms with Crippen LogP contribution in [0.2, 0.25) is 0 Å². The molecule has 4 atom stereocenters. The molecule has 1 aliphatic rings. The molecule has 13 nitrogen and oxygen atoms in total. The Morgan fingerprint density at radius 2 is 1.89 bits per heavy atom. The highest BCUT2D eigenvalue weighted by molar-refractivity contribution is 14.1. The van der Waals surface area contributed by atoms with E-state index in [1.54, 1.807) is 12.1 Å². The number of hydrogen-bond acceptors (Lipinski definition) is 9. The summed E-state index contributed by atoms with van der Waals surface area (Å²) in [5.41, 5.74) is 4.91. The monoisotopic (exact) mass is 653 g/mol. The third-order valence-corrected chi connectivity index (χ3v) is 7.34. The number of hydrogen-bond donors (Lipinski definition) is 5. The van der Waals surface area contributed by atoms with Crippen molar-refractivity contribution in [3.8, 4) is 0 Å². The van der Waals surface area contributed by atoms with Crippen molar-refractivity contribution in [2.24, 2.45) is 5.73 Å². The van der Waals surface area contributed by atoms with Crippen molar-refractivity contribution in [3.63, 3.8) is 0 Å². The minimum absolute atomic E-state index is 0.237. The summed E-state index contributed by atoms with van der Waals surface area (Å²) in [5.74, 6) is -0.829. The van der Waals surface area contributed by atoms with Crippen LogP contribution in [-0.4, -0.2) is 61.9 Å². The van der Waals surface area contributed by atoms with Gasteiger partial charge in [-0.05, 0) is 66.1 Å². The maximum absolute atomic E-state index is 13.4. The van der Waals surface area contributed by atoms with E-state index >= 15 is 0 Å². The van der Waals surface area contributed by atoms with Crippen LogP contribution in [0, 0.1) is 3.57 Å². The zero-order valence-corrected chi connectivity index (χ0v) is 22.7. The second-order valence-electron chi connectivity index (χ2n) is 8.41. The zero-order valence-electron chi connectivity index (χ0n) is 19.7. The Balaban J connectivity index is 1.94. The summed E-state index contributed by atoms with van der Waals surface area (Å²) in [5, 5.41) is 9.77. The molecule has 3 rings (SSSR count). The van der Waals surface area contributed by atoms with Gasteiger partial charge in [0.15, 0.2) is 12.3 Å². The molecular formula is C22H29IN3O10P. The van der Waals surface area contributed by atoms with Gasteiger partial charge < -0.3 is 30.1 Å². The summed E-state index contributed by atoms with van der Waals surface area (Å²) in [7, 11) is -5.14. The van der Waals surface area contributed by atoms with Crippen LogP contribution >= 0.6 is 30.4 Å². The Morgan fingerprint density at radius 3 is 2.54 bits per heavy atom. The van der Waals surface area contributed by atoms with Crippen LogP contribution in [0.4, 0.5) is 0 Å². The first-order chi connectivity index (χ1) is 17.6. The molecule has 1 fully saturated rings. The van der Waals surface area contributed by atoms with Gasteiger partial charge in [-0.2, -0.15) is 0 Å². The number of aromatic nitrogens is 2. The molecule has 1 aromatic heterocycles. The molecule has 0 spiro atoms. The summed E-state index contributed by atoms with van der Waals surface area (Å²) in [6, 6.07) is 6.11. The summed E-state index contributed by atoms with van der Waals surface area (Å²) in [4.78, 5) is 58.2. The number of phosphoric ester groups is 1. The molecule has 0 aliphatic carbocycles. The van der Waals surface area contributed by atoms with E-state index < -0.39 is 56.2 Å². The first-order valence-electron chi connectivity index (χ1n) is 11.6. The molecule has 0 bridgehead atoms. The molecule has 1 saturated heterocycles. The van der Waals surface area contributed by atoms with E-state index in [2.05, 4.69) is 22.6 Å². The molecule has 1 aliphatic heterocycles. The van der Waals surface area contributed by atoms with E-state index in [9.17, 15) is 33.8 Å². The van der Waals surface area contributed by atoms with E-state index in [4.69, 9.17) is 19.7 Å². The van der Waals surface area contributed by atoms with Crippen molar-refractivity contribution in [1.29, 1.82) is 0 Å². The van der Waals surface area contributed by atoms with Gasteiger partial charge in [0.1, 0.15) is 12.2 Å². The number of halogens is 1. The van der Waals surface area contributed by atoms with E-state index in [0.29, 0.717) is 13.0 Å². The Morgan fingerprint density at radius 1 is 1.16 bits per heavy atom. The number of rotatable bonds is 12. The summed E-state index contributed by atoms with van der Waals surface area (Å²) < 4.78 is 29.5. The average Bonchev–Trinajstić information content (AvgIpc) is 3.14. The fourth-order valence-corrected chi connectivity index (χ4v) is 5.45. The third-order valence-electron chi connectivity index (χ3n) is 5.81. The van der Waals surface area contributed by atoms with Crippen LogP contribution in [0.5, 0.6) is 0 Å². The fraction of sp³-hybridized carbons (Fsp3) is 0.500. The largest absolute Gasteiger partial charge is 0.470 e. The first kappa shape index (κ1) is 29.6. The quantitative estimate of drug-likeness (QED) is 0.0938. The average molecular weight is 653 g/mol. The lowest BCUT2D eigenvalue weighted by atomic mass is 10.0. The van der Waals surface area contributed by atoms with Crippen LogP contribution in [-0.2, 0) is 25.0 Å². The molecule has 0 radical (unpaired) electrons. The summed E-state index contributed by atoms with van der Waals surface area (Å²) in [6.45, 7) is -0.152. The van der Waals surface area contributed by atoms with Crippen LogP contribution in [0.3, 0.4) is 0 Å². The van der Waals surface area contributed by atoms with Crippen LogP contribution in [0.25, 0.3) is 0 Å². The highest BCUT2D eigenvalue weighted by Gasteiger charge is 2.51. The second-order valence-corrected chi connectivity index (χ2v) is 10.8. The standard InChI is InChI=1S/C22H29IN3O10P/c23-15-8-5-7-14(13(15)6-3-1-2-4-10-24)21(29)35-19-18(36-37(31,32)33)16(12-27)34-20(19)26-11-9-17(28)25-22(26)30/h5,7-9,11,16,18-20,27H,1-4,6,10,12,24H2,(H,25,28,30)(H2,31,32,33)/t16-,18-,19-,20-/m1/s1. The van der Waals surface area contributed by atoms with Gasteiger partial charge in [-0.25, -0.2) is 14.2 Å². The van der Waals surface area contributed by atoms with Crippen molar-refractivity contribution < 1.29 is 38.3 Å². The Bertz CT molecular complexity index is 1250. The number of aliphatic hydroxyl groups is 1. The molecule has 1 aromatic carbocycles. The number of nitrogens with zero attached hydrogens (tertiary/aromatic N) is 1. The molecule has 0 amide bonds. The number of H-pyrrole nitrogens is 1. The number of nitrogens with one attached hydrogen (secondary N) is 1. The highest BCUT2D eigenvalue weighted by atomic mass is 127.